The molecule has 2 aliphatic carbocycles. The van der Waals surface area contributed by atoms with Gasteiger partial charge in [-0.3, -0.25) is 9.59 Å². The van der Waals surface area contributed by atoms with E-state index in [1.807, 2.05) is 29.2 Å². The van der Waals surface area contributed by atoms with Crippen molar-refractivity contribution in [3.63, 3.8) is 0 Å². The topological polar surface area (TPSA) is 49.4 Å². The van der Waals surface area contributed by atoms with Crippen molar-refractivity contribution in [2.45, 2.75) is 50.1 Å². The number of carbonyl (C=O) groups excluding carboxylic acids is 2. The molecule has 1 saturated heterocycles. The number of carbonyl (C=O) groups is 2. The molecule has 3 aliphatic rings. The zero-order valence-electron chi connectivity index (χ0n) is 13.1. The SMILES string of the molecule is O=C(NC1(Cc2ccc(Cl)cc2)CC1)[C@H]1CC(=O)N(C2CC2)C1. The lowest BCUT2D eigenvalue weighted by molar-refractivity contribution is -0.129. The number of nitrogens with one attached hydrogen (secondary N) is 1. The molecule has 1 heterocycles. The summed E-state index contributed by atoms with van der Waals surface area (Å²) >= 11 is 5.92. The minimum Gasteiger partial charge on any atom is -0.350 e. The largest absolute Gasteiger partial charge is 0.350 e. The fourth-order valence-corrected chi connectivity index (χ4v) is 3.63. The summed E-state index contributed by atoms with van der Waals surface area (Å²) in [4.78, 5) is 26.5. The number of nitrogens with zero attached hydrogens (tertiary/aromatic N) is 1. The molecule has 3 fully saturated rings. The summed E-state index contributed by atoms with van der Waals surface area (Å²) in [7, 11) is 0. The molecule has 2 amide bonds. The highest BCUT2D eigenvalue weighted by atomic mass is 35.5. The molecule has 0 spiro atoms. The van der Waals surface area contributed by atoms with Crippen LogP contribution in [0.3, 0.4) is 0 Å². The Morgan fingerprint density at radius 3 is 2.57 bits per heavy atom. The lowest BCUT2D eigenvalue weighted by Crippen LogP contribution is -2.42. The van der Waals surface area contributed by atoms with Crippen molar-refractivity contribution in [2.24, 2.45) is 5.92 Å². The van der Waals surface area contributed by atoms with Gasteiger partial charge in [0.05, 0.1) is 5.92 Å². The Hall–Kier alpha value is -1.55. The fraction of sp³-hybridized carbons (Fsp3) is 0.556. The van der Waals surface area contributed by atoms with Crippen molar-refractivity contribution >= 4 is 23.4 Å². The number of amides is 2. The Morgan fingerprint density at radius 2 is 1.96 bits per heavy atom. The third-order valence-electron chi connectivity index (χ3n) is 5.21. The molecule has 1 N–H and O–H groups in total. The van der Waals surface area contributed by atoms with Crippen LogP contribution in [0.1, 0.15) is 37.7 Å². The summed E-state index contributed by atoms with van der Waals surface area (Å²) in [5.74, 6) is 0.0222. The van der Waals surface area contributed by atoms with Gasteiger partial charge in [-0.1, -0.05) is 23.7 Å². The van der Waals surface area contributed by atoms with Crippen LogP contribution in [0.15, 0.2) is 24.3 Å². The van der Waals surface area contributed by atoms with Gasteiger partial charge < -0.3 is 10.2 Å². The van der Waals surface area contributed by atoms with E-state index < -0.39 is 0 Å². The van der Waals surface area contributed by atoms with Crippen LogP contribution in [-0.4, -0.2) is 34.8 Å². The molecule has 5 heteroatoms. The molecule has 2 saturated carbocycles. The number of hydrogen-bond acceptors (Lipinski definition) is 2. The van der Waals surface area contributed by atoms with Gasteiger partial charge in [-0.15, -0.1) is 0 Å². The molecule has 0 bridgehead atoms. The monoisotopic (exact) mass is 332 g/mol. The van der Waals surface area contributed by atoms with Crippen LogP contribution in [-0.2, 0) is 16.0 Å². The predicted molar refractivity (Wildman–Crippen MR) is 88.1 cm³/mol. The zero-order valence-corrected chi connectivity index (χ0v) is 13.8. The predicted octanol–water partition coefficient (Wildman–Crippen LogP) is 2.54. The molecular formula is C18H21ClN2O2. The molecular weight excluding hydrogens is 312 g/mol. The van der Waals surface area contributed by atoms with E-state index in [2.05, 4.69) is 5.32 Å². The third kappa shape index (κ3) is 3.23. The second kappa shape index (κ2) is 5.52. The summed E-state index contributed by atoms with van der Waals surface area (Å²) in [6.07, 6.45) is 5.42. The number of rotatable bonds is 5. The average Bonchev–Trinajstić information content (AvgIpc) is 3.44. The standard InChI is InChI=1S/C18H21ClN2O2/c19-14-3-1-12(2-4-14)10-18(7-8-18)20-17(23)13-9-16(22)21(11-13)15-5-6-15/h1-4,13,15H,5-11H2,(H,20,23)/t13-/m0/s1. The average molecular weight is 333 g/mol. The maximum Gasteiger partial charge on any atom is 0.225 e. The molecule has 1 aliphatic heterocycles. The van der Waals surface area contributed by atoms with Crippen molar-refractivity contribution in [3.05, 3.63) is 34.9 Å². The van der Waals surface area contributed by atoms with E-state index in [9.17, 15) is 9.59 Å². The van der Waals surface area contributed by atoms with E-state index >= 15 is 0 Å². The Balaban J connectivity index is 1.36. The van der Waals surface area contributed by atoms with E-state index in [4.69, 9.17) is 11.6 Å². The van der Waals surface area contributed by atoms with E-state index in [1.54, 1.807) is 0 Å². The van der Waals surface area contributed by atoms with E-state index in [-0.39, 0.29) is 23.3 Å². The number of likely N-dealkylation sites (tertiary alicyclic amines) is 1. The Labute approximate surface area is 141 Å². The van der Waals surface area contributed by atoms with Crippen LogP contribution in [0, 0.1) is 5.92 Å². The lowest BCUT2D eigenvalue weighted by atomic mass is 10.0. The Bertz CT molecular complexity index is 635. The van der Waals surface area contributed by atoms with Crippen molar-refractivity contribution in [3.8, 4) is 0 Å². The second-order valence-corrected chi connectivity index (χ2v) is 7.69. The van der Waals surface area contributed by atoms with Gasteiger partial charge in [0.15, 0.2) is 0 Å². The van der Waals surface area contributed by atoms with E-state index in [0.717, 1.165) is 37.1 Å². The van der Waals surface area contributed by atoms with Gasteiger partial charge in [0.25, 0.3) is 0 Å². The van der Waals surface area contributed by atoms with Crippen molar-refractivity contribution in [1.82, 2.24) is 10.2 Å². The smallest absolute Gasteiger partial charge is 0.225 e. The van der Waals surface area contributed by atoms with E-state index in [1.165, 1.54) is 5.56 Å². The summed E-state index contributed by atoms with van der Waals surface area (Å²) in [5, 5.41) is 3.95. The van der Waals surface area contributed by atoms with Crippen molar-refractivity contribution in [1.29, 1.82) is 0 Å². The minimum absolute atomic E-state index is 0.0490. The quantitative estimate of drug-likeness (QED) is 0.900. The van der Waals surface area contributed by atoms with E-state index in [0.29, 0.717) is 19.0 Å². The molecule has 1 aromatic carbocycles. The summed E-state index contributed by atoms with van der Waals surface area (Å²) in [5.41, 5.74) is 1.08. The molecule has 1 aromatic rings. The maximum atomic E-state index is 12.6. The number of hydrogen-bond donors (Lipinski definition) is 1. The molecule has 122 valence electrons. The molecule has 4 rings (SSSR count). The molecule has 0 unspecified atom stereocenters. The summed E-state index contributed by atoms with van der Waals surface area (Å²) < 4.78 is 0. The summed E-state index contributed by atoms with van der Waals surface area (Å²) in [6.45, 7) is 0.604. The molecule has 1 atom stereocenters. The third-order valence-corrected chi connectivity index (χ3v) is 5.47. The Kier molecular flexibility index (Phi) is 3.60. The highest BCUT2D eigenvalue weighted by Gasteiger charge is 2.47. The minimum atomic E-state index is -0.175. The molecule has 23 heavy (non-hydrogen) atoms. The van der Waals surface area contributed by atoms with Crippen molar-refractivity contribution < 1.29 is 9.59 Å². The summed E-state index contributed by atoms with van der Waals surface area (Å²) in [6, 6.07) is 8.21. The molecule has 4 nitrogen and oxygen atoms in total. The first-order valence-corrected chi connectivity index (χ1v) is 8.78. The maximum absolute atomic E-state index is 12.6. The first kappa shape index (κ1) is 15.0. The van der Waals surface area contributed by atoms with Gasteiger partial charge in [0, 0.05) is 29.6 Å². The fourth-order valence-electron chi connectivity index (χ4n) is 3.50. The van der Waals surface area contributed by atoms with Gasteiger partial charge >= 0.3 is 0 Å². The van der Waals surface area contributed by atoms with Crippen LogP contribution in [0.2, 0.25) is 5.02 Å². The Morgan fingerprint density at radius 1 is 1.26 bits per heavy atom. The van der Waals surface area contributed by atoms with Crippen LogP contribution in [0.4, 0.5) is 0 Å². The van der Waals surface area contributed by atoms with Crippen molar-refractivity contribution in [2.75, 3.05) is 6.54 Å². The van der Waals surface area contributed by atoms with Gasteiger partial charge in [0.1, 0.15) is 0 Å². The first-order valence-electron chi connectivity index (χ1n) is 8.41. The highest BCUT2D eigenvalue weighted by molar-refractivity contribution is 6.30. The van der Waals surface area contributed by atoms with Gasteiger partial charge in [-0.05, 0) is 49.8 Å². The van der Waals surface area contributed by atoms with Gasteiger partial charge in [-0.2, -0.15) is 0 Å². The van der Waals surface area contributed by atoms with Crippen LogP contribution in [0.5, 0.6) is 0 Å². The van der Waals surface area contributed by atoms with Crippen LogP contribution in [0.25, 0.3) is 0 Å². The lowest BCUT2D eigenvalue weighted by Gasteiger charge is -2.20. The normalized spacial score (nSPS) is 25.5. The number of benzene rings is 1. The highest BCUT2D eigenvalue weighted by Crippen LogP contribution is 2.40. The second-order valence-electron chi connectivity index (χ2n) is 7.25. The van der Waals surface area contributed by atoms with Gasteiger partial charge in [0.2, 0.25) is 11.8 Å². The van der Waals surface area contributed by atoms with Crippen LogP contribution < -0.4 is 5.32 Å². The number of halogens is 1. The first-order chi connectivity index (χ1) is 11.0. The zero-order chi connectivity index (χ0) is 16.0. The molecule has 0 aromatic heterocycles. The molecule has 0 radical (unpaired) electrons. The van der Waals surface area contributed by atoms with Crippen LogP contribution >= 0.6 is 11.6 Å². The van der Waals surface area contributed by atoms with Gasteiger partial charge in [-0.25, -0.2) is 0 Å².